The first-order valence-electron chi connectivity index (χ1n) is 9.92. The quantitative estimate of drug-likeness (QED) is 0.423. The van der Waals surface area contributed by atoms with Crippen LogP contribution in [0, 0.1) is 6.92 Å². The van der Waals surface area contributed by atoms with Gasteiger partial charge in [0.15, 0.2) is 5.58 Å². The van der Waals surface area contributed by atoms with Gasteiger partial charge in [-0.25, -0.2) is 4.98 Å². The fourth-order valence-electron chi connectivity index (χ4n) is 3.21. The topological polar surface area (TPSA) is 55.1 Å². The molecule has 1 atom stereocenters. The lowest BCUT2D eigenvalue weighted by Crippen LogP contribution is -2.11. The van der Waals surface area contributed by atoms with E-state index in [9.17, 15) is 4.79 Å². The fraction of sp³-hybridized carbons (Fsp3) is 0.200. The summed E-state index contributed by atoms with van der Waals surface area (Å²) in [6.45, 7) is 6.39. The van der Waals surface area contributed by atoms with Gasteiger partial charge >= 0.3 is 0 Å². The van der Waals surface area contributed by atoms with E-state index in [1.54, 1.807) is 0 Å². The second-order valence-electron chi connectivity index (χ2n) is 7.45. The lowest BCUT2D eigenvalue weighted by atomic mass is 9.98. The number of hydrogen-bond donors (Lipinski definition) is 1. The summed E-state index contributed by atoms with van der Waals surface area (Å²) in [5.74, 6) is 0.950. The van der Waals surface area contributed by atoms with Gasteiger partial charge in [-0.05, 0) is 73.4 Å². The van der Waals surface area contributed by atoms with Gasteiger partial charge < -0.3 is 9.73 Å². The minimum absolute atomic E-state index is 0.128. The Kier molecular flexibility index (Phi) is 5.17. The van der Waals surface area contributed by atoms with Gasteiger partial charge in [-0.3, -0.25) is 4.79 Å². The molecule has 3 aromatic carbocycles. The van der Waals surface area contributed by atoms with Crippen LogP contribution in [0.3, 0.4) is 0 Å². The number of anilines is 1. The molecule has 0 bridgehead atoms. The molecule has 0 aliphatic carbocycles. The number of hydrogen-bond acceptors (Lipinski definition) is 3. The first-order valence-corrected chi connectivity index (χ1v) is 9.92. The van der Waals surface area contributed by atoms with Gasteiger partial charge in [0.2, 0.25) is 5.89 Å². The van der Waals surface area contributed by atoms with Crippen molar-refractivity contribution in [2.75, 3.05) is 5.32 Å². The molecular weight excluding hydrogens is 360 g/mol. The molecule has 4 rings (SSSR count). The van der Waals surface area contributed by atoms with Crippen molar-refractivity contribution in [1.29, 1.82) is 0 Å². The van der Waals surface area contributed by atoms with Crippen LogP contribution < -0.4 is 5.32 Å². The van der Waals surface area contributed by atoms with Crippen LogP contribution in [0.2, 0.25) is 0 Å². The Morgan fingerprint density at radius 1 is 1.03 bits per heavy atom. The van der Waals surface area contributed by atoms with E-state index in [1.165, 1.54) is 5.56 Å². The van der Waals surface area contributed by atoms with Crippen molar-refractivity contribution >= 4 is 22.7 Å². The molecule has 29 heavy (non-hydrogen) atoms. The zero-order valence-corrected chi connectivity index (χ0v) is 16.9. The van der Waals surface area contributed by atoms with Crippen molar-refractivity contribution in [2.45, 2.75) is 33.1 Å². The second kappa shape index (κ2) is 7.92. The smallest absolute Gasteiger partial charge is 0.255 e. The summed E-state index contributed by atoms with van der Waals surface area (Å²) in [4.78, 5) is 17.0. The third-order valence-corrected chi connectivity index (χ3v) is 5.30. The summed E-state index contributed by atoms with van der Waals surface area (Å²) in [5.41, 5.74) is 6.29. The van der Waals surface area contributed by atoms with E-state index < -0.39 is 0 Å². The van der Waals surface area contributed by atoms with Crippen LogP contribution >= 0.6 is 0 Å². The first kappa shape index (κ1) is 18.9. The average molecular weight is 384 g/mol. The summed E-state index contributed by atoms with van der Waals surface area (Å²) in [6.07, 6.45) is 1.09. The van der Waals surface area contributed by atoms with Crippen LogP contribution in [0.4, 0.5) is 5.69 Å². The molecule has 1 aromatic heterocycles. The fourth-order valence-corrected chi connectivity index (χ4v) is 3.21. The predicted molar refractivity (Wildman–Crippen MR) is 117 cm³/mol. The Hall–Kier alpha value is -3.40. The molecule has 4 aromatic rings. The number of carbonyl (C=O) groups excluding carboxylic acids is 1. The molecular formula is C25H24N2O2. The summed E-state index contributed by atoms with van der Waals surface area (Å²) in [6, 6.07) is 21.2. The molecule has 0 aliphatic heterocycles. The molecule has 0 spiro atoms. The molecule has 0 saturated heterocycles. The number of carbonyl (C=O) groups is 1. The number of fused-ring (bicyclic) bond motifs is 1. The summed E-state index contributed by atoms with van der Waals surface area (Å²) < 4.78 is 5.93. The number of nitrogens with zero attached hydrogens (tertiary/aromatic N) is 1. The minimum Gasteiger partial charge on any atom is -0.436 e. The minimum atomic E-state index is -0.128. The molecule has 4 heteroatoms. The van der Waals surface area contributed by atoms with Gasteiger partial charge in [-0.1, -0.05) is 37.6 Å². The summed E-state index contributed by atoms with van der Waals surface area (Å²) in [5, 5.41) is 2.92. The molecule has 1 amide bonds. The Morgan fingerprint density at radius 2 is 1.76 bits per heavy atom. The van der Waals surface area contributed by atoms with E-state index in [2.05, 4.69) is 36.3 Å². The molecule has 0 saturated carbocycles. The van der Waals surface area contributed by atoms with Crippen LogP contribution in [0.1, 0.15) is 47.7 Å². The standard InChI is InChI=1S/C25H24N2O2/c1-4-17(3)20-11-14-23-22(15-20)27-25(29-23)19-9-12-21(13-10-19)26-24(28)18-7-5-16(2)6-8-18/h5-15,17H,4H2,1-3H3,(H,26,28). The van der Waals surface area contributed by atoms with Gasteiger partial charge in [-0.15, -0.1) is 0 Å². The van der Waals surface area contributed by atoms with E-state index in [1.807, 2.05) is 61.5 Å². The summed E-state index contributed by atoms with van der Waals surface area (Å²) >= 11 is 0. The molecule has 1 heterocycles. The highest BCUT2D eigenvalue weighted by molar-refractivity contribution is 6.04. The molecule has 1 unspecified atom stereocenters. The van der Waals surface area contributed by atoms with Crippen molar-refractivity contribution in [3.63, 3.8) is 0 Å². The molecule has 4 nitrogen and oxygen atoms in total. The second-order valence-corrected chi connectivity index (χ2v) is 7.45. The van der Waals surface area contributed by atoms with Crippen LogP contribution in [0.25, 0.3) is 22.6 Å². The number of amides is 1. The van der Waals surface area contributed by atoms with Gasteiger partial charge in [0.05, 0.1) is 0 Å². The summed E-state index contributed by atoms with van der Waals surface area (Å²) in [7, 11) is 0. The molecule has 0 radical (unpaired) electrons. The maximum absolute atomic E-state index is 12.4. The Balaban J connectivity index is 1.52. The number of aromatic nitrogens is 1. The lowest BCUT2D eigenvalue weighted by molar-refractivity contribution is 0.102. The monoisotopic (exact) mass is 384 g/mol. The van der Waals surface area contributed by atoms with E-state index in [4.69, 9.17) is 4.42 Å². The third kappa shape index (κ3) is 4.06. The van der Waals surface area contributed by atoms with Gasteiger partial charge in [-0.2, -0.15) is 0 Å². The van der Waals surface area contributed by atoms with Crippen LogP contribution in [-0.4, -0.2) is 10.9 Å². The number of aryl methyl sites for hydroxylation is 1. The van der Waals surface area contributed by atoms with Gasteiger partial charge in [0.25, 0.3) is 5.91 Å². The van der Waals surface area contributed by atoms with Crippen LogP contribution in [0.15, 0.2) is 71.1 Å². The molecule has 146 valence electrons. The normalized spacial score (nSPS) is 12.1. The maximum atomic E-state index is 12.4. The van der Waals surface area contributed by atoms with E-state index >= 15 is 0 Å². The highest BCUT2D eigenvalue weighted by Crippen LogP contribution is 2.28. The lowest BCUT2D eigenvalue weighted by Gasteiger charge is -2.07. The molecule has 1 N–H and O–H groups in total. The largest absolute Gasteiger partial charge is 0.436 e. The molecule has 0 aliphatic rings. The maximum Gasteiger partial charge on any atom is 0.255 e. The van der Waals surface area contributed by atoms with Crippen molar-refractivity contribution in [3.8, 4) is 11.5 Å². The first-order chi connectivity index (χ1) is 14.0. The van der Waals surface area contributed by atoms with E-state index in [0.29, 0.717) is 17.4 Å². The van der Waals surface area contributed by atoms with Gasteiger partial charge in [0.1, 0.15) is 5.52 Å². The molecule has 0 fully saturated rings. The van der Waals surface area contributed by atoms with Crippen LogP contribution in [-0.2, 0) is 0 Å². The predicted octanol–water partition coefficient (Wildman–Crippen LogP) is 6.57. The number of oxazole rings is 1. The van der Waals surface area contributed by atoms with Crippen molar-refractivity contribution in [3.05, 3.63) is 83.4 Å². The van der Waals surface area contributed by atoms with E-state index in [-0.39, 0.29) is 5.91 Å². The SMILES string of the molecule is CCC(C)c1ccc2oc(-c3ccc(NC(=O)c4ccc(C)cc4)cc3)nc2c1. The highest BCUT2D eigenvalue weighted by atomic mass is 16.3. The number of nitrogens with one attached hydrogen (secondary N) is 1. The van der Waals surface area contributed by atoms with Crippen molar-refractivity contribution in [1.82, 2.24) is 4.98 Å². The Morgan fingerprint density at radius 3 is 2.45 bits per heavy atom. The van der Waals surface area contributed by atoms with E-state index in [0.717, 1.165) is 34.3 Å². The Labute approximate surface area is 170 Å². The van der Waals surface area contributed by atoms with Crippen molar-refractivity contribution in [2.24, 2.45) is 0 Å². The zero-order valence-electron chi connectivity index (χ0n) is 16.9. The number of benzene rings is 3. The van der Waals surface area contributed by atoms with Crippen molar-refractivity contribution < 1.29 is 9.21 Å². The van der Waals surface area contributed by atoms with Gasteiger partial charge in [0, 0.05) is 16.8 Å². The average Bonchev–Trinajstić information content (AvgIpc) is 3.17. The van der Waals surface area contributed by atoms with Crippen LogP contribution in [0.5, 0.6) is 0 Å². The third-order valence-electron chi connectivity index (χ3n) is 5.30. The Bertz CT molecular complexity index is 1140. The highest BCUT2D eigenvalue weighted by Gasteiger charge is 2.12. The number of rotatable bonds is 5. The zero-order chi connectivity index (χ0) is 20.4.